The molecule has 4 rings (SSSR count). The Balaban J connectivity index is 1.68. The van der Waals surface area contributed by atoms with E-state index in [1.165, 1.54) is 3.97 Å². The van der Waals surface area contributed by atoms with Gasteiger partial charge in [0.1, 0.15) is 0 Å². The molecule has 0 spiro atoms. The lowest BCUT2D eigenvalue weighted by Crippen LogP contribution is -2.43. The van der Waals surface area contributed by atoms with Crippen molar-refractivity contribution >= 4 is 26.6 Å². The van der Waals surface area contributed by atoms with Crippen LogP contribution in [-0.4, -0.2) is 38.6 Å². The van der Waals surface area contributed by atoms with Crippen molar-refractivity contribution in [1.82, 2.24) is 9.29 Å². The lowest BCUT2D eigenvalue weighted by molar-refractivity contribution is 0.589. The minimum absolute atomic E-state index is 0.325. The number of aryl methyl sites for hydroxylation is 1. The highest BCUT2D eigenvalue weighted by Crippen LogP contribution is 2.27. The number of aromatic nitrogens is 1. The van der Waals surface area contributed by atoms with E-state index in [9.17, 15) is 8.42 Å². The zero-order chi connectivity index (χ0) is 18.9. The van der Waals surface area contributed by atoms with E-state index in [4.69, 9.17) is 0 Å². The summed E-state index contributed by atoms with van der Waals surface area (Å²) in [5.41, 5.74) is 3.02. The summed E-state index contributed by atoms with van der Waals surface area (Å²) in [5.74, 6) is 0. The molecule has 1 N–H and O–H groups in total. The minimum Gasteiger partial charge on any atom is -0.369 e. The highest BCUT2D eigenvalue weighted by Gasteiger charge is 2.19. The highest BCUT2D eigenvalue weighted by atomic mass is 32.2. The topological polar surface area (TPSA) is 54.3 Å². The zero-order valence-electron chi connectivity index (χ0n) is 15.6. The van der Waals surface area contributed by atoms with Crippen LogP contribution in [0.25, 0.3) is 10.9 Å². The molecule has 0 atom stereocenters. The van der Waals surface area contributed by atoms with Gasteiger partial charge in [-0.15, -0.1) is 0 Å². The summed E-state index contributed by atoms with van der Waals surface area (Å²) < 4.78 is 27.6. The normalized spacial score (nSPS) is 15.4. The summed E-state index contributed by atoms with van der Waals surface area (Å²) in [7, 11) is -3.60. The van der Waals surface area contributed by atoms with Gasteiger partial charge in [0, 0.05) is 43.4 Å². The number of nitrogens with zero attached hydrogens (tertiary/aromatic N) is 2. The average molecular weight is 384 g/mol. The molecule has 2 heterocycles. The summed E-state index contributed by atoms with van der Waals surface area (Å²) in [6, 6.07) is 15.1. The summed E-state index contributed by atoms with van der Waals surface area (Å²) >= 11 is 0. The van der Waals surface area contributed by atoms with Crippen molar-refractivity contribution in [3.8, 4) is 0 Å². The Morgan fingerprint density at radius 2 is 1.74 bits per heavy atom. The summed E-state index contributed by atoms with van der Waals surface area (Å²) in [4.78, 5) is 2.65. The Morgan fingerprint density at radius 1 is 1.00 bits per heavy atom. The van der Waals surface area contributed by atoms with Crippen LogP contribution >= 0.6 is 0 Å². The third-order valence-corrected chi connectivity index (χ3v) is 6.84. The lowest BCUT2D eigenvalue weighted by Gasteiger charge is -2.29. The van der Waals surface area contributed by atoms with Gasteiger partial charge in [-0.3, -0.25) is 0 Å². The number of hydrogen-bond acceptors (Lipinski definition) is 4. The molecule has 27 heavy (non-hydrogen) atoms. The average Bonchev–Trinajstić information content (AvgIpc) is 3.13. The van der Waals surface area contributed by atoms with Crippen LogP contribution in [0.3, 0.4) is 0 Å². The first-order chi connectivity index (χ1) is 13.1. The molecular formula is C21H25N3O2S. The molecule has 5 nitrogen and oxygen atoms in total. The maximum atomic E-state index is 13.1. The summed E-state index contributed by atoms with van der Waals surface area (Å²) in [6.45, 7) is 6.00. The van der Waals surface area contributed by atoms with Gasteiger partial charge in [-0.2, -0.15) is 0 Å². The van der Waals surface area contributed by atoms with Gasteiger partial charge in [0.15, 0.2) is 0 Å². The Hall–Kier alpha value is -2.31. The highest BCUT2D eigenvalue weighted by molar-refractivity contribution is 7.90. The van der Waals surface area contributed by atoms with E-state index in [2.05, 4.69) is 23.2 Å². The van der Waals surface area contributed by atoms with Crippen LogP contribution in [0.2, 0.25) is 0 Å². The molecule has 0 radical (unpaired) electrons. The predicted molar refractivity (Wildman–Crippen MR) is 110 cm³/mol. The van der Waals surface area contributed by atoms with Crippen LogP contribution in [0.15, 0.2) is 59.6 Å². The van der Waals surface area contributed by atoms with Crippen molar-refractivity contribution in [3.63, 3.8) is 0 Å². The SMILES string of the molecule is CCCc1ccc(S(=O)(=O)n2ccc3cc(N4CCNCC4)ccc32)cc1. The van der Waals surface area contributed by atoms with Gasteiger partial charge in [-0.05, 0) is 48.4 Å². The molecule has 2 aromatic carbocycles. The van der Waals surface area contributed by atoms with Crippen LogP contribution in [0.5, 0.6) is 0 Å². The third-order valence-electron chi connectivity index (χ3n) is 5.14. The number of nitrogens with one attached hydrogen (secondary N) is 1. The minimum atomic E-state index is -3.60. The maximum Gasteiger partial charge on any atom is 0.268 e. The third kappa shape index (κ3) is 3.47. The van der Waals surface area contributed by atoms with E-state index in [1.807, 2.05) is 30.3 Å². The fraction of sp³-hybridized carbons (Fsp3) is 0.333. The molecule has 1 saturated heterocycles. The molecule has 0 amide bonds. The fourth-order valence-corrected chi connectivity index (χ4v) is 5.02. The van der Waals surface area contributed by atoms with Crippen molar-refractivity contribution in [1.29, 1.82) is 0 Å². The second-order valence-electron chi connectivity index (χ2n) is 6.99. The molecule has 1 aromatic heterocycles. The van der Waals surface area contributed by atoms with Gasteiger partial charge in [0.2, 0.25) is 0 Å². The van der Waals surface area contributed by atoms with E-state index < -0.39 is 10.0 Å². The first kappa shape index (κ1) is 18.1. The van der Waals surface area contributed by atoms with Crippen LogP contribution in [0.4, 0.5) is 5.69 Å². The van der Waals surface area contributed by atoms with Gasteiger partial charge in [0.05, 0.1) is 10.4 Å². The monoisotopic (exact) mass is 383 g/mol. The van der Waals surface area contributed by atoms with E-state index >= 15 is 0 Å². The summed E-state index contributed by atoms with van der Waals surface area (Å²) in [5, 5.41) is 4.29. The van der Waals surface area contributed by atoms with Crippen molar-refractivity contribution in [2.45, 2.75) is 24.7 Å². The Labute approximate surface area is 160 Å². The molecule has 0 bridgehead atoms. The van der Waals surface area contributed by atoms with Gasteiger partial charge in [-0.25, -0.2) is 12.4 Å². The van der Waals surface area contributed by atoms with Crippen LogP contribution < -0.4 is 10.2 Å². The Kier molecular flexibility index (Phi) is 4.93. The quantitative estimate of drug-likeness (QED) is 0.735. The molecule has 1 aliphatic heterocycles. The zero-order valence-corrected chi connectivity index (χ0v) is 16.4. The molecule has 1 aliphatic rings. The molecule has 0 aliphatic carbocycles. The van der Waals surface area contributed by atoms with Crippen LogP contribution in [0, 0.1) is 0 Å². The Bertz CT molecular complexity index is 1030. The Morgan fingerprint density at radius 3 is 2.44 bits per heavy atom. The smallest absolute Gasteiger partial charge is 0.268 e. The number of rotatable bonds is 5. The van der Waals surface area contributed by atoms with E-state index in [0.717, 1.165) is 55.7 Å². The number of hydrogen-bond donors (Lipinski definition) is 1. The van der Waals surface area contributed by atoms with Gasteiger partial charge < -0.3 is 10.2 Å². The van der Waals surface area contributed by atoms with Gasteiger partial charge in [-0.1, -0.05) is 25.5 Å². The number of anilines is 1. The van der Waals surface area contributed by atoms with Crippen molar-refractivity contribution in [2.24, 2.45) is 0 Å². The van der Waals surface area contributed by atoms with E-state index in [1.54, 1.807) is 18.3 Å². The molecule has 6 heteroatoms. The molecule has 0 unspecified atom stereocenters. The molecule has 142 valence electrons. The van der Waals surface area contributed by atoms with E-state index in [0.29, 0.717) is 10.4 Å². The largest absolute Gasteiger partial charge is 0.369 e. The first-order valence-corrected chi connectivity index (χ1v) is 10.9. The van der Waals surface area contributed by atoms with E-state index in [-0.39, 0.29) is 0 Å². The maximum absolute atomic E-state index is 13.1. The lowest BCUT2D eigenvalue weighted by atomic mass is 10.1. The second-order valence-corrected chi connectivity index (χ2v) is 8.81. The van der Waals surface area contributed by atoms with Gasteiger partial charge in [0.25, 0.3) is 10.0 Å². The summed E-state index contributed by atoms with van der Waals surface area (Å²) in [6.07, 6.45) is 3.66. The fourth-order valence-electron chi connectivity index (χ4n) is 3.66. The van der Waals surface area contributed by atoms with Gasteiger partial charge >= 0.3 is 0 Å². The standard InChI is InChI=1S/C21H25N3O2S/c1-2-3-17-4-7-20(8-5-17)27(25,26)24-13-10-18-16-19(6-9-21(18)24)23-14-11-22-12-15-23/h4-10,13,16,22H,2-3,11-12,14-15H2,1H3. The first-order valence-electron chi connectivity index (χ1n) is 9.51. The van der Waals surface area contributed by atoms with Crippen molar-refractivity contribution < 1.29 is 8.42 Å². The molecule has 3 aromatic rings. The predicted octanol–water partition coefficient (Wildman–Crippen LogP) is 3.24. The number of benzene rings is 2. The van der Waals surface area contributed by atoms with Crippen LogP contribution in [-0.2, 0) is 16.4 Å². The van der Waals surface area contributed by atoms with Crippen molar-refractivity contribution in [2.75, 3.05) is 31.1 Å². The van der Waals surface area contributed by atoms with Crippen LogP contribution in [0.1, 0.15) is 18.9 Å². The molecule has 1 fully saturated rings. The molecule has 0 saturated carbocycles. The molecular weight excluding hydrogens is 358 g/mol. The number of piperazine rings is 1. The number of fused-ring (bicyclic) bond motifs is 1. The second kappa shape index (κ2) is 7.37. The van der Waals surface area contributed by atoms with Crippen molar-refractivity contribution in [3.05, 3.63) is 60.3 Å².